The fourth-order valence-electron chi connectivity index (χ4n) is 0.327. The monoisotopic (exact) mass is 263 g/mol. The van der Waals surface area contributed by atoms with Crippen LogP contribution >= 0.6 is 12.2 Å². The molecule has 0 heterocycles. The van der Waals surface area contributed by atoms with Crippen LogP contribution in [0.3, 0.4) is 0 Å². The third-order valence-electron chi connectivity index (χ3n) is 0.778. The molecule has 0 saturated heterocycles. The van der Waals surface area contributed by atoms with Crippen molar-refractivity contribution in [3.63, 3.8) is 0 Å². The predicted octanol–water partition coefficient (Wildman–Crippen LogP) is 0.446. The van der Waals surface area contributed by atoms with E-state index in [0.29, 0.717) is 11.8 Å². The Labute approximate surface area is 74.8 Å². The number of thiocarbonyl (C=S) groups is 1. The van der Waals surface area contributed by atoms with Gasteiger partial charge in [-0.2, -0.15) is 0 Å². The molecule has 0 aliphatic heterocycles. The molecule has 0 saturated carbocycles. The summed E-state index contributed by atoms with van der Waals surface area (Å²) in [6.45, 7) is 5.57. The Morgan fingerprint density at radius 1 is 1.67 bits per heavy atom. The summed E-state index contributed by atoms with van der Waals surface area (Å²) >= 11 is 6.46. The van der Waals surface area contributed by atoms with Crippen LogP contribution in [0.2, 0.25) is 0 Å². The van der Waals surface area contributed by atoms with Gasteiger partial charge < -0.3 is 0 Å². The van der Waals surface area contributed by atoms with Crippen LogP contribution < -0.4 is 0 Å². The molecule has 0 radical (unpaired) electrons. The summed E-state index contributed by atoms with van der Waals surface area (Å²) in [6, 6.07) is 0. The third kappa shape index (κ3) is 3.96. The number of hydrogen-bond donors (Lipinski definition) is 0. The van der Waals surface area contributed by atoms with Gasteiger partial charge in [-0.05, 0) is 0 Å². The average molecular weight is 261 g/mol. The van der Waals surface area contributed by atoms with Gasteiger partial charge in [0, 0.05) is 0 Å². The second-order valence-corrected chi connectivity index (χ2v) is 3.14. The van der Waals surface area contributed by atoms with E-state index in [1.807, 2.05) is 17.0 Å². The molecule has 0 bridgehead atoms. The summed E-state index contributed by atoms with van der Waals surface area (Å²) in [5.41, 5.74) is 0. The van der Waals surface area contributed by atoms with E-state index in [9.17, 15) is 0 Å². The van der Waals surface area contributed by atoms with Crippen molar-refractivity contribution in [2.24, 2.45) is 0 Å². The first kappa shape index (κ1) is 9.48. The Balaban J connectivity index is 3.46. The molecule has 9 heavy (non-hydrogen) atoms. The maximum absolute atomic E-state index is 5.06. The van der Waals surface area contributed by atoms with E-state index < -0.39 is 0 Å². The maximum atomic E-state index is 5.06. The molecule has 0 fully saturated rings. The van der Waals surface area contributed by atoms with Gasteiger partial charge in [0.25, 0.3) is 0 Å². The van der Waals surface area contributed by atoms with Gasteiger partial charge in [0.2, 0.25) is 0 Å². The Hall–Kier alpha value is 0.480. The van der Waals surface area contributed by atoms with Crippen molar-refractivity contribution in [3.8, 4) is 0 Å². The van der Waals surface area contributed by atoms with Gasteiger partial charge in [-0.15, -0.1) is 0 Å². The molecule has 4 heteroatoms. The van der Waals surface area contributed by atoms with Gasteiger partial charge in [-0.3, -0.25) is 0 Å². The average Bonchev–Trinajstić information content (AvgIpc) is 1.87. The van der Waals surface area contributed by atoms with E-state index in [-0.39, 0.29) is 0 Å². The second-order valence-electron chi connectivity index (χ2n) is 1.41. The van der Waals surface area contributed by atoms with Crippen LogP contribution in [0.5, 0.6) is 0 Å². The van der Waals surface area contributed by atoms with Crippen LogP contribution in [0, 0.1) is 0 Å². The third-order valence-corrected chi connectivity index (χ3v) is 2.85. The van der Waals surface area contributed by atoms with E-state index in [0.717, 1.165) is 6.54 Å². The number of nitrogens with zero attached hydrogens (tertiary/aromatic N) is 1. The molecule has 0 atom stereocenters. The van der Waals surface area contributed by atoms with Crippen LogP contribution in [-0.4, -0.2) is 44.0 Å². The normalized spacial score (nSPS) is 8.78. The van der Waals surface area contributed by atoms with Crippen LogP contribution in [0.15, 0.2) is 0 Å². The summed E-state index contributed by atoms with van der Waals surface area (Å²) in [5, 5.41) is 0.606. The van der Waals surface area contributed by atoms with Gasteiger partial charge in [-0.1, -0.05) is 0 Å². The molecule has 0 spiro atoms. The van der Waals surface area contributed by atoms with Gasteiger partial charge in [-0.25, -0.2) is 0 Å². The summed E-state index contributed by atoms with van der Waals surface area (Å²) in [6.07, 6.45) is 0. The first-order valence-electron chi connectivity index (χ1n) is 2.85. The molecule has 0 aliphatic carbocycles. The van der Waals surface area contributed by atoms with Crippen molar-refractivity contribution in [2.75, 3.05) is 13.2 Å². The van der Waals surface area contributed by atoms with Crippen molar-refractivity contribution < 1.29 is 4.74 Å². The Bertz CT molecular complexity index is 99.0. The van der Waals surface area contributed by atoms with E-state index >= 15 is 0 Å². The van der Waals surface area contributed by atoms with Crippen LogP contribution in [0.25, 0.3) is 0 Å². The number of ether oxygens (including phenoxy) is 1. The molecule has 2 nitrogen and oxygen atoms in total. The van der Waals surface area contributed by atoms with Crippen molar-refractivity contribution in [1.29, 1.82) is 0 Å². The topological polar surface area (TPSA) is 12.5 Å². The van der Waals surface area contributed by atoms with Crippen molar-refractivity contribution in [3.05, 3.63) is 0 Å². The summed E-state index contributed by atoms with van der Waals surface area (Å²) in [5.74, 6) is 0. The molecular formula is C5H11NOSTe. The SMILES string of the molecule is CCOC(=S)N([TeH])CC. The quantitative estimate of drug-likeness (QED) is 0.528. The Morgan fingerprint density at radius 2 is 2.22 bits per heavy atom. The van der Waals surface area contributed by atoms with Crippen molar-refractivity contribution in [1.82, 2.24) is 3.15 Å². The van der Waals surface area contributed by atoms with Gasteiger partial charge in [0.1, 0.15) is 0 Å². The first-order chi connectivity index (χ1) is 4.22. The molecule has 0 aromatic carbocycles. The minimum absolute atomic E-state index is 0.606. The molecule has 0 rings (SSSR count). The molecule has 0 unspecified atom stereocenters. The van der Waals surface area contributed by atoms with E-state index in [4.69, 9.17) is 17.0 Å². The van der Waals surface area contributed by atoms with Gasteiger partial charge >= 0.3 is 74.8 Å². The van der Waals surface area contributed by atoms with Crippen molar-refractivity contribution >= 4 is 40.0 Å². The summed E-state index contributed by atoms with van der Waals surface area (Å²) in [4.78, 5) is 0. The fourth-order valence-corrected chi connectivity index (χ4v) is 0.739. The van der Waals surface area contributed by atoms with Gasteiger partial charge in [0.05, 0.1) is 0 Å². The zero-order chi connectivity index (χ0) is 7.28. The van der Waals surface area contributed by atoms with E-state index in [1.54, 1.807) is 22.6 Å². The second kappa shape index (κ2) is 5.28. The Kier molecular flexibility index (Phi) is 5.56. The van der Waals surface area contributed by atoms with Crippen LogP contribution in [0.1, 0.15) is 13.8 Å². The zero-order valence-electron chi connectivity index (χ0n) is 5.63. The van der Waals surface area contributed by atoms with Crippen molar-refractivity contribution in [2.45, 2.75) is 13.8 Å². The predicted molar refractivity (Wildman–Crippen MR) is 43.8 cm³/mol. The number of rotatable bonds is 2. The molecule has 0 aromatic rings. The first-order valence-corrected chi connectivity index (χ1v) is 4.40. The van der Waals surface area contributed by atoms with Crippen LogP contribution in [-0.2, 0) is 4.74 Å². The minimum atomic E-state index is 0.606. The fraction of sp³-hybridized carbons (Fsp3) is 0.800. The Morgan fingerprint density at radius 3 is 2.56 bits per heavy atom. The molecule has 0 aliphatic rings. The summed E-state index contributed by atoms with van der Waals surface area (Å²) in [7, 11) is 0. The van der Waals surface area contributed by atoms with E-state index in [2.05, 4.69) is 0 Å². The molecular weight excluding hydrogens is 250 g/mol. The zero-order valence-corrected chi connectivity index (χ0v) is 8.99. The molecule has 0 amide bonds. The van der Waals surface area contributed by atoms with Crippen LogP contribution in [0.4, 0.5) is 0 Å². The number of hydrogen-bond acceptors (Lipinski definition) is 2. The molecule has 0 N–H and O–H groups in total. The standard InChI is InChI=1S/C5H11NOSTe/c1-3-6(9)5(8)7-4-2/h9H,3-4H2,1-2H3. The van der Waals surface area contributed by atoms with Gasteiger partial charge in [0.15, 0.2) is 0 Å². The molecule has 0 aromatic heterocycles. The molecule has 54 valence electrons. The summed E-state index contributed by atoms with van der Waals surface area (Å²) < 4.78 is 7.00. The van der Waals surface area contributed by atoms with E-state index in [1.165, 1.54) is 0 Å².